The Labute approximate surface area is 118 Å². The largest absolute Gasteiger partial charge is 0.338 e. The lowest BCUT2D eigenvalue weighted by molar-refractivity contribution is 0.236. The molecule has 0 saturated heterocycles. The Morgan fingerprint density at radius 2 is 2.47 bits per heavy atom. The van der Waals surface area contributed by atoms with Crippen molar-refractivity contribution < 1.29 is 4.79 Å². The zero-order chi connectivity index (χ0) is 13.7. The van der Waals surface area contributed by atoms with Crippen molar-refractivity contribution in [3.63, 3.8) is 0 Å². The molecule has 2 rings (SSSR count). The monoisotopic (exact) mass is 282 g/mol. The van der Waals surface area contributed by atoms with Gasteiger partial charge in [0.15, 0.2) is 0 Å². The highest BCUT2D eigenvalue weighted by Crippen LogP contribution is 2.17. The molecule has 6 heteroatoms. The first-order chi connectivity index (χ1) is 9.19. The summed E-state index contributed by atoms with van der Waals surface area (Å²) in [6.45, 7) is 4.50. The van der Waals surface area contributed by atoms with Gasteiger partial charge in [-0.2, -0.15) is 11.8 Å². The van der Waals surface area contributed by atoms with Crippen molar-refractivity contribution in [1.82, 2.24) is 20.2 Å². The molecule has 19 heavy (non-hydrogen) atoms. The molecule has 0 unspecified atom stereocenters. The molecule has 0 fully saturated rings. The molecule has 0 aliphatic carbocycles. The predicted octanol–water partition coefficient (Wildman–Crippen LogP) is 1.50. The van der Waals surface area contributed by atoms with Gasteiger partial charge in [-0.3, -0.25) is 0 Å². The van der Waals surface area contributed by atoms with Crippen LogP contribution in [0.15, 0.2) is 12.4 Å². The van der Waals surface area contributed by atoms with Gasteiger partial charge < -0.3 is 15.2 Å². The molecule has 2 atom stereocenters. The summed E-state index contributed by atoms with van der Waals surface area (Å²) in [5.74, 6) is 1.67. The van der Waals surface area contributed by atoms with Crippen molar-refractivity contribution in [2.45, 2.75) is 31.6 Å². The number of amides is 2. The first-order valence-electron chi connectivity index (χ1n) is 6.73. The van der Waals surface area contributed by atoms with E-state index in [1.54, 1.807) is 11.8 Å². The number of fused-ring (bicyclic) bond motifs is 1. The van der Waals surface area contributed by atoms with Crippen LogP contribution >= 0.6 is 11.8 Å². The molecule has 1 aromatic heterocycles. The van der Waals surface area contributed by atoms with E-state index >= 15 is 0 Å². The summed E-state index contributed by atoms with van der Waals surface area (Å²) in [7, 11) is 0. The SMILES string of the molecule is CS[C@@H](C)CNC(=O)NC[C@H]1CCc2nccn2C1. The van der Waals surface area contributed by atoms with Crippen LogP contribution in [0.4, 0.5) is 4.79 Å². The number of nitrogens with one attached hydrogen (secondary N) is 2. The van der Waals surface area contributed by atoms with E-state index in [1.165, 1.54) is 0 Å². The molecule has 1 aromatic rings. The molecule has 5 nitrogen and oxygen atoms in total. The smallest absolute Gasteiger partial charge is 0.314 e. The molecule has 2 N–H and O–H groups in total. The number of nitrogens with zero attached hydrogens (tertiary/aromatic N) is 2. The lowest BCUT2D eigenvalue weighted by Gasteiger charge is -2.24. The van der Waals surface area contributed by atoms with Crippen LogP contribution in [0, 0.1) is 5.92 Å². The first-order valence-corrected chi connectivity index (χ1v) is 8.02. The number of rotatable bonds is 5. The molecule has 0 spiro atoms. The molecule has 0 radical (unpaired) electrons. The second-order valence-corrected chi connectivity index (χ2v) is 6.31. The van der Waals surface area contributed by atoms with Crippen LogP contribution in [0.3, 0.4) is 0 Å². The van der Waals surface area contributed by atoms with E-state index in [4.69, 9.17) is 0 Å². The molecule has 0 aromatic carbocycles. The highest BCUT2D eigenvalue weighted by atomic mass is 32.2. The quantitative estimate of drug-likeness (QED) is 0.860. The van der Waals surface area contributed by atoms with Crippen LogP contribution in [-0.2, 0) is 13.0 Å². The minimum atomic E-state index is -0.0580. The number of hydrogen-bond acceptors (Lipinski definition) is 3. The Morgan fingerprint density at radius 3 is 3.26 bits per heavy atom. The normalized spacial score (nSPS) is 19.6. The summed E-state index contributed by atoms with van der Waals surface area (Å²) in [5, 5.41) is 6.31. The van der Waals surface area contributed by atoms with Gasteiger partial charge in [0.05, 0.1) is 0 Å². The van der Waals surface area contributed by atoms with E-state index in [1.807, 2.05) is 12.4 Å². The van der Waals surface area contributed by atoms with Gasteiger partial charge in [-0.15, -0.1) is 0 Å². The Bertz CT molecular complexity index is 421. The fraction of sp³-hybridized carbons (Fsp3) is 0.692. The molecule has 2 amide bonds. The minimum absolute atomic E-state index is 0.0580. The van der Waals surface area contributed by atoms with Crippen molar-refractivity contribution in [3.8, 4) is 0 Å². The molecule has 1 aliphatic heterocycles. The molecule has 0 bridgehead atoms. The van der Waals surface area contributed by atoms with Gasteiger partial charge in [0.1, 0.15) is 5.82 Å². The third-order valence-corrected chi connectivity index (χ3v) is 4.51. The highest BCUT2D eigenvalue weighted by Gasteiger charge is 2.19. The van der Waals surface area contributed by atoms with Gasteiger partial charge in [-0.1, -0.05) is 6.92 Å². The van der Waals surface area contributed by atoms with Crippen LogP contribution in [0.2, 0.25) is 0 Å². The Kier molecular flexibility index (Phi) is 5.13. The number of carbonyl (C=O) groups excluding carboxylic acids is 1. The van der Waals surface area contributed by atoms with Gasteiger partial charge in [0.25, 0.3) is 0 Å². The van der Waals surface area contributed by atoms with E-state index in [0.717, 1.165) is 31.8 Å². The maximum Gasteiger partial charge on any atom is 0.314 e. The number of urea groups is 1. The summed E-state index contributed by atoms with van der Waals surface area (Å²) in [5.41, 5.74) is 0. The topological polar surface area (TPSA) is 59.0 Å². The Morgan fingerprint density at radius 1 is 1.63 bits per heavy atom. The third kappa shape index (κ3) is 4.16. The van der Waals surface area contributed by atoms with E-state index < -0.39 is 0 Å². The lowest BCUT2D eigenvalue weighted by atomic mass is 9.99. The van der Waals surface area contributed by atoms with Gasteiger partial charge >= 0.3 is 6.03 Å². The minimum Gasteiger partial charge on any atom is -0.338 e. The third-order valence-electron chi connectivity index (χ3n) is 3.54. The number of hydrogen-bond donors (Lipinski definition) is 2. The molecular weight excluding hydrogens is 260 g/mol. The second kappa shape index (κ2) is 6.84. The molecule has 0 saturated carbocycles. The fourth-order valence-corrected chi connectivity index (χ4v) is 2.47. The summed E-state index contributed by atoms with van der Waals surface area (Å²) in [4.78, 5) is 16.0. The van der Waals surface area contributed by atoms with E-state index in [0.29, 0.717) is 17.7 Å². The van der Waals surface area contributed by atoms with E-state index in [-0.39, 0.29) is 6.03 Å². The van der Waals surface area contributed by atoms with Gasteiger partial charge in [0, 0.05) is 43.7 Å². The summed E-state index contributed by atoms with van der Waals surface area (Å²) >= 11 is 1.75. The van der Waals surface area contributed by atoms with E-state index in [9.17, 15) is 4.79 Å². The number of aromatic nitrogens is 2. The summed E-state index contributed by atoms with van der Waals surface area (Å²) in [6, 6.07) is -0.0580. The standard InChI is InChI=1S/C13H22N4OS/c1-10(19-2)7-15-13(18)16-8-11-3-4-12-14-5-6-17(12)9-11/h5-6,10-11H,3-4,7-9H2,1-2H3,(H2,15,16,18)/t10-,11+/m0/s1. The maximum absolute atomic E-state index is 11.7. The fourth-order valence-electron chi connectivity index (χ4n) is 2.22. The zero-order valence-corrected chi connectivity index (χ0v) is 12.4. The van der Waals surface area contributed by atoms with Crippen LogP contribution < -0.4 is 10.6 Å². The maximum atomic E-state index is 11.7. The van der Waals surface area contributed by atoms with E-state index in [2.05, 4.69) is 33.4 Å². The summed E-state index contributed by atoms with van der Waals surface area (Å²) in [6.07, 6.45) is 8.02. The van der Waals surface area contributed by atoms with Crippen molar-refractivity contribution in [2.24, 2.45) is 5.92 Å². The Hall–Kier alpha value is -1.17. The summed E-state index contributed by atoms with van der Waals surface area (Å²) < 4.78 is 2.18. The van der Waals surface area contributed by atoms with Crippen LogP contribution in [0.25, 0.3) is 0 Å². The predicted molar refractivity (Wildman–Crippen MR) is 78.4 cm³/mol. The van der Waals surface area contributed by atoms with Gasteiger partial charge in [-0.25, -0.2) is 9.78 Å². The molecule has 1 aliphatic rings. The van der Waals surface area contributed by atoms with Crippen molar-refractivity contribution >= 4 is 17.8 Å². The average molecular weight is 282 g/mol. The van der Waals surface area contributed by atoms with Crippen molar-refractivity contribution in [2.75, 3.05) is 19.3 Å². The first kappa shape index (κ1) is 14.2. The van der Waals surface area contributed by atoms with Crippen LogP contribution in [0.1, 0.15) is 19.2 Å². The zero-order valence-electron chi connectivity index (χ0n) is 11.6. The van der Waals surface area contributed by atoms with Crippen molar-refractivity contribution in [3.05, 3.63) is 18.2 Å². The number of thioether (sulfide) groups is 1. The molecule has 106 valence electrons. The van der Waals surface area contributed by atoms with Gasteiger partial charge in [0.2, 0.25) is 0 Å². The van der Waals surface area contributed by atoms with Gasteiger partial charge in [-0.05, 0) is 18.6 Å². The Balaban J connectivity index is 1.68. The average Bonchev–Trinajstić information content (AvgIpc) is 2.89. The van der Waals surface area contributed by atoms with Crippen LogP contribution in [0.5, 0.6) is 0 Å². The molecule has 2 heterocycles. The lowest BCUT2D eigenvalue weighted by Crippen LogP contribution is -2.41. The second-order valence-electron chi connectivity index (χ2n) is 5.04. The highest BCUT2D eigenvalue weighted by molar-refractivity contribution is 7.99. The molecular formula is C13H22N4OS. The number of imidazole rings is 1. The van der Waals surface area contributed by atoms with Crippen molar-refractivity contribution in [1.29, 1.82) is 0 Å². The number of aryl methyl sites for hydroxylation is 1. The van der Waals surface area contributed by atoms with Crippen LogP contribution in [-0.4, -0.2) is 40.2 Å². The number of carbonyl (C=O) groups is 1.